The molecule has 3 heteroatoms. The summed E-state index contributed by atoms with van der Waals surface area (Å²) in [5, 5.41) is 0. The summed E-state index contributed by atoms with van der Waals surface area (Å²) >= 11 is 0. The van der Waals surface area contributed by atoms with Crippen molar-refractivity contribution in [3.05, 3.63) is 59.2 Å². The number of hydrogen-bond acceptors (Lipinski definition) is 3. The van der Waals surface area contributed by atoms with Crippen molar-refractivity contribution in [2.75, 3.05) is 14.2 Å². The van der Waals surface area contributed by atoms with Gasteiger partial charge in [0.15, 0.2) is 11.5 Å². The lowest BCUT2D eigenvalue weighted by Crippen LogP contribution is -2.58. The fourth-order valence-corrected chi connectivity index (χ4v) is 4.29. The molecule has 0 spiro atoms. The Balaban J connectivity index is 2.15. The Morgan fingerprint density at radius 2 is 1.42 bits per heavy atom. The Morgan fingerprint density at radius 3 is 1.96 bits per heavy atom. The number of nitrogens with zero attached hydrogens (tertiary/aromatic N) is 1. The largest absolute Gasteiger partial charge is 0.493 e. The van der Waals surface area contributed by atoms with Crippen LogP contribution in [-0.4, -0.2) is 25.2 Å². The lowest BCUT2D eigenvalue weighted by atomic mass is 9.67. The van der Waals surface area contributed by atoms with E-state index in [-0.39, 0.29) is 11.0 Å². The van der Waals surface area contributed by atoms with E-state index in [0.717, 1.165) is 18.0 Å². The highest BCUT2D eigenvalue weighted by atomic mass is 16.5. The third-order valence-electron chi connectivity index (χ3n) is 6.30. The SMILES string of the molecule is COc1cc2c(cc1OC)C(C)(C)N(Cc1ccccc1)C(C)C2(C)C. The summed E-state index contributed by atoms with van der Waals surface area (Å²) in [6.45, 7) is 12.5. The molecule has 140 valence electrons. The Bertz CT molecular complexity index is 780. The lowest BCUT2D eigenvalue weighted by molar-refractivity contribution is 0.0117. The van der Waals surface area contributed by atoms with Gasteiger partial charge in [0, 0.05) is 23.5 Å². The highest BCUT2D eigenvalue weighted by Crippen LogP contribution is 2.50. The molecule has 1 unspecified atom stereocenters. The second-order valence-corrected chi connectivity index (χ2v) is 8.32. The molecule has 1 atom stereocenters. The van der Waals surface area contributed by atoms with Crippen LogP contribution >= 0.6 is 0 Å². The van der Waals surface area contributed by atoms with Crippen molar-refractivity contribution in [2.24, 2.45) is 0 Å². The Labute approximate surface area is 157 Å². The fourth-order valence-electron chi connectivity index (χ4n) is 4.29. The molecule has 0 fully saturated rings. The first-order valence-electron chi connectivity index (χ1n) is 9.31. The Morgan fingerprint density at radius 1 is 0.885 bits per heavy atom. The summed E-state index contributed by atoms with van der Waals surface area (Å²) in [6.07, 6.45) is 0. The summed E-state index contributed by atoms with van der Waals surface area (Å²) < 4.78 is 11.2. The molecular weight excluding hydrogens is 322 g/mol. The maximum Gasteiger partial charge on any atom is 0.161 e. The summed E-state index contributed by atoms with van der Waals surface area (Å²) in [7, 11) is 3.41. The second kappa shape index (κ2) is 6.62. The van der Waals surface area contributed by atoms with Crippen molar-refractivity contribution < 1.29 is 9.47 Å². The number of hydrogen-bond donors (Lipinski definition) is 0. The van der Waals surface area contributed by atoms with E-state index < -0.39 is 0 Å². The zero-order valence-corrected chi connectivity index (χ0v) is 17.1. The predicted molar refractivity (Wildman–Crippen MR) is 107 cm³/mol. The molecule has 0 saturated heterocycles. The molecule has 1 aliphatic heterocycles. The molecule has 2 aromatic carbocycles. The van der Waals surface area contributed by atoms with Gasteiger partial charge in [-0.2, -0.15) is 0 Å². The van der Waals surface area contributed by atoms with Crippen molar-refractivity contribution in [2.45, 2.75) is 58.2 Å². The quantitative estimate of drug-likeness (QED) is 0.761. The maximum absolute atomic E-state index is 5.60. The molecule has 0 amide bonds. The number of fused-ring (bicyclic) bond motifs is 1. The Hall–Kier alpha value is -2.00. The van der Waals surface area contributed by atoms with Crippen LogP contribution in [0.25, 0.3) is 0 Å². The first-order chi connectivity index (χ1) is 12.2. The van der Waals surface area contributed by atoms with E-state index in [2.05, 4.69) is 82.0 Å². The third kappa shape index (κ3) is 2.88. The van der Waals surface area contributed by atoms with Gasteiger partial charge in [-0.15, -0.1) is 0 Å². The van der Waals surface area contributed by atoms with E-state index in [9.17, 15) is 0 Å². The normalized spacial score (nSPS) is 21.1. The molecule has 0 aromatic heterocycles. The number of rotatable bonds is 4. The fraction of sp³-hybridized carbons (Fsp3) is 0.478. The summed E-state index contributed by atoms with van der Waals surface area (Å²) in [5.74, 6) is 1.60. The molecule has 3 nitrogen and oxygen atoms in total. The van der Waals surface area contributed by atoms with E-state index in [4.69, 9.17) is 9.47 Å². The molecule has 3 rings (SSSR count). The van der Waals surface area contributed by atoms with Gasteiger partial charge in [0.1, 0.15) is 0 Å². The number of benzene rings is 2. The minimum absolute atomic E-state index is 0.000808. The van der Waals surface area contributed by atoms with Crippen LogP contribution in [0.4, 0.5) is 0 Å². The van der Waals surface area contributed by atoms with E-state index in [1.807, 2.05) is 0 Å². The maximum atomic E-state index is 5.60. The van der Waals surface area contributed by atoms with Gasteiger partial charge in [-0.05, 0) is 49.6 Å². The van der Waals surface area contributed by atoms with Crippen molar-refractivity contribution in [1.29, 1.82) is 0 Å². The highest BCUT2D eigenvalue weighted by molar-refractivity contribution is 5.54. The standard InChI is InChI=1S/C23H31NO2/c1-16-22(2,3)18-13-20(25-6)21(26-7)14-19(18)23(4,5)24(16)15-17-11-9-8-10-12-17/h8-14,16H,15H2,1-7H3. The van der Waals surface area contributed by atoms with E-state index >= 15 is 0 Å². The summed E-state index contributed by atoms with van der Waals surface area (Å²) in [6, 6.07) is 15.4. The highest BCUT2D eigenvalue weighted by Gasteiger charge is 2.47. The van der Waals surface area contributed by atoms with Gasteiger partial charge < -0.3 is 9.47 Å². The van der Waals surface area contributed by atoms with E-state index in [1.54, 1.807) is 14.2 Å². The third-order valence-corrected chi connectivity index (χ3v) is 6.30. The van der Waals surface area contributed by atoms with Crippen molar-refractivity contribution >= 4 is 0 Å². The first kappa shape index (κ1) is 18.8. The molecular formula is C23H31NO2. The van der Waals surface area contributed by atoms with Crippen molar-refractivity contribution in [1.82, 2.24) is 4.90 Å². The van der Waals surface area contributed by atoms with Crippen LogP contribution in [0.15, 0.2) is 42.5 Å². The summed E-state index contributed by atoms with van der Waals surface area (Å²) in [4.78, 5) is 2.61. The minimum Gasteiger partial charge on any atom is -0.493 e. The molecule has 0 radical (unpaired) electrons. The predicted octanol–water partition coefficient (Wildman–Crippen LogP) is 5.12. The van der Waals surface area contributed by atoms with Crippen LogP contribution in [0.1, 0.15) is 51.3 Å². The van der Waals surface area contributed by atoms with Crippen molar-refractivity contribution in [3.8, 4) is 11.5 Å². The molecule has 0 N–H and O–H groups in total. The Kier molecular flexibility index (Phi) is 4.78. The van der Waals surface area contributed by atoms with Crippen LogP contribution in [0.3, 0.4) is 0 Å². The van der Waals surface area contributed by atoms with Crippen LogP contribution < -0.4 is 9.47 Å². The zero-order valence-electron chi connectivity index (χ0n) is 17.1. The van der Waals surface area contributed by atoms with Gasteiger partial charge in [-0.1, -0.05) is 44.2 Å². The molecule has 0 aliphatic carbocycles. The van der Waals surface area contributed by atoms with Crippen LogP contribution in [-0.2, 0) is 17.5 Å². The summed E-state index contributed by atoms with van der Waals surface area (Å²) in [5.41, 5.74) is 3.89. The van der Waals surface area contributed by atoms with Crippen LogP contribution in [0, 0.1) is 0 Å². The monoisotopic (exact) mass is 353 g/mol. The van der Waals surface area contributed by atoms with E-state index in [0.29, 0.717) is 6.04 Å². The van der Waals surface area contributed by atoms with Gasteiger partial charge >= 0.3 is 0 Å². The van der Waals surface area contributed by atoms with Gasteiger partial charge in [0.25, 0.3) is 0 Å². The first-order valence-corrected chi connectivity index (χ1v) is 9.31. The molecule has 1 heterocycles. The van der Waals surface area contributed by atoms with E-state index in [1.165, 1.54) is 16.7 Å². The number of methoxy groups -OCH3 is 2. The second-order valence-electron chi connectivity index (χ2n) is 8.32. The molecule has 1 aliphatic rings. The van der Waals surface area contributed by atoms with Gasteiger partial charge in [0.2, 0.25) is 0 Å². The molecule has 2 aromatic rings. The topological polar surface area (TPSA) is 21.7 Å². The van der Waals surface area contributed by atoms with Gasteiger partial charge in [-0.3, -0.25) is 4.90 Å². The molecule has 0 bridgehead atoms. The minimum atomic E-state index is -0.111. The molecule has 26 heavy (non-hydrogen) atoms. The van der Waals surface area contributed by atoms with Gasteiger partial charge in [-0.25, -0.2) is 0 Å². The van der Waals surface area contributed by atoms with Crippen LogP contribution in [0.5, 0.6) is 11.5 Å². The molecule has 0 saturated carbocycles. The van der Waals surface area contributed by atoms with Crippen LogP contribution in [0.2, 0.25) is 0 Å². The average molecular weight is 354 g/mol. The smallest absolute Gasteiger partial charge is 0.161 e. The van der Waals surface area contributed by atoms with Crippen molar-refractivity contribution in [3.63, 3.8) is 0 Å². The zero-order chi connectivity index (χ0) is 19.1. The average Bonchev–Trinajstić information content (AvgIpc) is 2.64. The van der Waals surface area contributed by atoms with Gasteiger partial charge in [0.05, 0.1) is 14.2 Å². The lowest BCUT2D eigenvalue weighted by Gasteiger charge is -2.55. The number of ether oxygens (including phenoxy) is 2.